The summed E-state index contributed by atoms with van der Waals surface area (Å²) in [6.07, 6.45) is 0.410. The number of ketones is 1. The molecule has 136 valence electrons. The molecule has 0 saturated heterocycles. The standard InChI is InChI=1S/C20H20BrNO4/c1-3-10-22-16-9-8-13(21)11-15(16)20(25,19(22)24)12-17(23)14-6-4-5-7-18(14)26-2/h4-9,11,25H,3,10,12H2,1-2H3/t20-/m1/s1. The molecule has 1 aliphatic rings. The molecule has 0 spiro atoms. The molecule has 0 fully saturated rings. The highest BCUT2D eigenvalue weighted by atomic mass is 79.9. The van der Waals surface area contributed by atoms with Crippen molar-refractivity contribution >= 4 is 33.3 Å². The summed E-state index contributed by atoms with van der Waals surface area (Å²) < 4.78 is 5.97. The van der Waals surface area contributed by atoms with Crippen molar-refractivity contribution in [3.8, 4) is 5.75 Å². The second-order valence-corrected chi connectivity index (χ2v) is 7.19. The Morgan fingerprint density at radius 3 is 2.69 bits per heavy atom. The molecule has 1 aliphatic heterocycles. The van der Waals surface area contributed by atoms with Gasteiger partial charge < -0.3 is 14.7 Å². The number of halogens is 1. The number of anilines is 1. The molecule has 6 heteroatoms. The number of fused-ring (bicyclic) bond motifs is 1. The van der Waals surface area contributed by atoms with Crippen LogP contribution >= 0.6 is 15.9 Å². The quantitative estimate of drug-likeness (QED) is 0.727. The monoisotopic (exact) mass is 417 g/mol. The van der Waals surface area contributed by atoms with Gasteiger partial charge in [-0.05, 0) is 36.8 Å². The molecule has 26 heavy (non-hydrogen) atoms. The largest absolute Gasteiger partial charge is 0.496 e. The fourth-order valence-corrected chi connectivity index (χ4v) is 3.70. The third-order valence-electron chi connectivity index (χ3n) is 4.56. The number of carbonyl (C=O) groups excluding carboxylic acids is 2. The van der Waals surface area contributed by atoms with Gasteiger partial charge in [-0.15, -0.1) is 0 Å². The fourth-order valence-electron chi connectivity index (χ4n) is 3.34. The van der Waals surface area contributed by atoms with Crippen LogP contribution in [0.2, 0.25) is 0 Å². The van der Waals surface area contributed by atoms with Gasteiger partial charge in [-0.3, -0.25) is 9.59 Å². The minimum Gasteiger partial charge on any atom is -0.496 e. The van der Waals surface area contributed by atoms with Crippen LogP contribution in [0.25, 0.3) is 0 Å². The average Bonchev–Trinajstić information content (AvgIpc) is 2.83. The minimum absolute atomic E-state index is 0.337. The van der Waals surface area contributed by atoms with E-state index in [0.717, 1.165) is 10.9 Å². The summed E-state index contributed by atoms with van der Waals surface area (Å²) in [4.78, 5) is 27.4. The van der Waals surface area contributed by atoms with Crippen LogP contribution in [0.1, 0.15) is 35.7 Å². The molecule has 0 aliphatic carbocycles. The molecule has 1 N–H and O–H groups in total. The van der Waals surface area contributed by atoms with Crippen molar-refractivity contribution in [3.05, 3.63) is 58.1 Å². The first-order valence-electron chi connectivity index (χ1n) is 8.43. The van der Waals surface area contributed by atoms with Crippen molar-refractivity contribution in [2.24, 2.45) is 0 Å². The number of para-hydroxylation sites is 1. The van der Waals surface area contributed by atoms with E-state index in [1.165, 1.54) is 7.11 Å². The number of rotatable bonds is 6. The van der Waals surface area contributed by atoms with Crippen LogP contribution in [0.3, 0.4) is 0 Å². The third kappa shape index (κ3) is 3.04. The number of nitrogens with zero attached hydrogens (tertiary/aromatic N) is 1. The van der Waals surface area contributed by atoms with Crippen LogP contribution in [0.5, 0.6) is 5.75 Å². The van der Waals surface area contributed by atoms with E-state index in [0.29, 0.717) is 29.1 Å². The average molecular weight is 418 g/mol. The van der Waals surface area contributed by atoms with Gasteiger partial charge in [0.25, 0.3) is 5.91 Å². The molecule has 3 rings (SSSR count). The molecular formula is C20H20BrNO4. The van der Waals surface area contributed by atoms with Crippen molar-refractivity contribution in [2.45, 2.75) is 25.4 Å². The lowest BCUT2D eigenvalue weighted by Gasteiger charge is -2.23. The van der Waals surface area contributed by atoms with Crippen LogP contribution in [-0.4, -0.2) is 30.5 Å². The third-order valence-corrected chi connectivity index (χ3v) is 5.06. The van der Waals surface area contributed by atoms with E-state index in [1.54, 1.807) is 41.3 Å². The molecule has 0 radical (unpaired) electrons. The van der Waals surface area contributed by atoms with Gasteiger partial charge in [0.05, 0.1) is 24.8 Å². The number of hydrogen-bond donors (Lipinski definition) is 1. The summed E-state index contributed by atoms with van der Waals surface area (Å²) in [6, 6.07) is 12.1. The van der Waals surface area contributed by atoms with Crippen molar-refractivity contribution in [1.82, 2.24) is 0 Å². The van der Waals surface area contributed by atoms with Gasteiger partial charge in [-0.2, -0.15) is 0 Å². The molecule has 2 aromatic carbocycles. The highest BCUT2D eigenvalue weighted by molar-refractivity contribution is 9.10. The zero-order valence-corrected chi connectivity index (χ0v) is 16.2. The maximum atomic E-state index is 13.0. The Hall–Kier alpha value is -2.18. The lowest BCUT2D eigenvalue weighted by Crippen LogP contribution is -2.42. The van der Waals surface area contributed by atoms with Crippen molar-refractivity contribution in [1.29, 1.82) is 0 Å². The number of methoxy groups -OCH3 is 1. The summed E-state index contributed by atoms with van der Waals surface area (Å²) in [7, 11) is 1.48. The Bertz CT molecular complexity index is 867. The van der Waals surface area contributed by atoms with E-state index in [2.05, 4.69) is 15.9 Å². The van der Waals surface area contributed by atoms with Gasteiger partial charge in [-0.1, -0.05) is 35.0 Å². The van der Waals surface area contributed by atoms with E-state index in [4.69, 9.17) is 4.74 Å². The molecule has 0 unspecified atom stereocenters. The van der Waals surface area contributed by atoms with Gasteiger partial charge in [-0.25, -0.2) is 0 Å². The Kier molecular flexibility index (Phi) is 5.16. The van der Waals surface area contributed by atoms with Gasteiger partial charge >= 0.3 is 0 Å². The van der Waals surface area contributed by atoms with Gasteiger partial charge in [0.2, 0.25) is 0 Å². The number of Topliss-reactive ketones (excluding diaryl/α,β-unsaturated/α-hetero) is 1. The number of benzene rings is 2. The van der Waals surface area contributed by atoms with E-state index >= 15 is 0 Å². The zero-order valence-electron chi connectivity index (χ0n) is 14.7. The topological polar surface area (TPSA) is 66.8 Å². The molecule has 1 heterocycles. The predicted molar refractivity (Wildman–Crippen MR) is 103 cm³/mol. The smallest absolute Gasteiger partial charge is 0.264 e. The number of hydrogen-bond acceptors (Lipinski definition) is 4. The predicted octanol–water partition coefficient (Wildman–Crippen LogP) is 3.67. The highest BCUT2D eigenvalue weighted by Gasteiger charge is 2.50. The van der Waals surface area contributed by atoms with Crippen LogP contribution in [0.15, 0.2) is 46.9 Å². The summed E-state index contributed by atoms with van der Waals surface area (Å²) in [6.45, 7) is 2.45. The molecule has 1 amide bonds. The Labute approximate surface area is 160 Å². The van der Waals surface area contributed by atoms with Gasteiger partial charge in [0, 0.05) is 16.6 Å². The maximum absolute atomic E-state index is 13.0. The summed E-state index contributed by atoms with van der Waals surface area (Å²) in [5.74, 6) is -0.385. The van der Waals surface area contributed by atoms with Crippen molar-refractivity contribution in [2.75, 3.05) is 18.6 Å². The summed E-state index contributed by atoms with van der Waals surface area (Å²) in [5, 5.41) is 11.3. The van der Waals surface area contributed by atoms with Crippen LogP contribution in [0.4, 0.5) is 5.69 Å². The molecule has 0 bridgehead atoms. The molecule has 0 saturated carbocycles. The second kappa shape index (κ2) is 7.21. The Morgan fingerprint density at radius 1 is 1.27 bits per heavy atom. The van der Waals surface area contributed by atoms with Crippen LogP contribution in [-0.2, 0) is 10.4 Å². The Balaban J connectivity index is 2.02. The Morgan fingerprint density at radius 2 is 2.00 bits per heavy atom. The zero-order chi connectivity index (χ0) is 18.9. The highest BCUT2D eigenvalue weighted by Crippen LogP contribution is 2.44. The van der Waals surface area contributed by atoms with Crippen molar-refractivity contribution in [3.63, 3.8) is 0 Å². The summed E-state index contributed by atoms with van der Waals surface area (Å²) >= 11 is 3.38. The van der Waals surface area contributed by atoms with E-state index in [1.807, 2.05) is 13.0 Å². The molecule has 0 aromatic heterocycles. The van der Waals surface area contributed by atoms with E-state index in [9.17, 15) is 14.7 Å². The minimum atomic E-state index is -1.88. The fraction of sp³-hybridized carbons (Fsp3) is 0.300. The van der Waals surface area contributed by atoms with Gasteiger partial charge in [0.15, 0.2) is 11.4 Å². The normalized spacial score (nSPS) is 18.8. The second-order valence-electron chi connectivity index (χ2n) is 6.28. The first-order valence-corrected chi connectivity index (χ1v) is 9.22. The number of amides is 1. The lowest BCUT2D eigenvalue weighted by molar-refractivity contribution is -0.135. The molecular weight excluding hydrogens is 398 g/mol. The molecule has 2 aromatic rings. The lowest BCUT2D eigenvalue weighted by atomic mass is 9.88. The number of aliphatic hydroxyl groups is 1. The van der Waals surface area contributed by atoms with Gasteiger partial charge in [0.1, 0.15) is 5.75 Å². The number of carbonyl (C=O) groups is 2. The van der Waals surface area contributed by atoms with Crippen LogP contribution in [0, 0.1) is 0 Å². The van der Waals surface area contributed by atoms with E-state index < -0.39 is 11.5 Å². The number of ether oxygens (including phenoxy) is 1. The summed E-state index contributed by atoms with van der Waals surface area (Å²) in [5.41, 5.74) is -0.433. The first kappa shape index (κ1) is 18.6. The van der Waals surface area contributed by atoms with E-state index in [-0.39, 0.29) is 12.2 Å². The van der Waals surface area contributed by atoms with Crippen LogP contribution < -0.4 is 9.64 Å². The molecule has 1 atom stereocenters. The SMILES string of the molecule is CCCN1C(=O)[C@@](O)(CC(=O)c2ccccc2OC)c2cc(Br)ccc21. The first-order chi connectivity index (χ1) is 12.4. The maximum Gasteiger partial charge on any atom is 0.264 e. The van der Waals surface area contributed by atoms with Crippen molar-refractivity contribution < 1.29 is 19.4 Å². The molecule has 5 nitrogen and oxygen atoms in total.